The van der Waals surface area contributed by atoms with Crippen molar-refractivity contribution in [1.82, 2.24) is 4.90 Å². The molecule has 1 unspecified atom stereocenters. The molecular formula is C26H31NO7. The highest BCUT2D eigenvalue weighted by atomic mass is 16.7. The summed E-state index contributed by atoms with van der Waals surface area (Å²) in [5.41, 5.74) is 0.775. The molecule has 1 fully saturated rings. The maximum Gasteiger partial charge on any atom is 0.315 e. The van der Waals surface area contributed by atoms with Gasteiger partial charge in [-0.05, 0) is 38.8 Å². The van der Waals surface area contributed by atoms with Crippen LogP contribution in [0.15, 0.2) is 30.3 Å². The van der Waals surface area contributed by atoms with Gasteiger partial charge in [-0.15, -0.1) is 0 Å². The first-order valence-electron chi connectivity index (χ1n) is 11.8. The third kappa shape index (κ3) is 3.60. The Balaban J connectivity index is 1.75. The number of methoxy groups -OCH3 is 2. The van der Waals surface area contributed by atoms with Gasteiger partial charge in [-0.2, -0.15) is 0 Å². The van der Waals surface area contributed by atoms with Gasteiger partial charge in [0.15, 0.2) is 17.2 Å². The summed E-state index contributed by atoms with van der Waals surface area (Å²) in [5, 5.41) is 0. The van der Waals surface area contributed by atoms with Gasteiger partial charge in [0, 0.05) is 42.3 Å². The second kappa shape index (κ2) is 8.91. The highest BCUT2D eigenvalue weighted by Crippen LogP contribution is 2.55. The molecule has 34 heavy (non-hydrogen) atoms. The van der Waals surface area contributed by atoms with Gasteiger partial charge in [0.05, 0.1) is 20.8 Å². The summed E-state index contributed by atoms with van der Waals surface area (Å²) in [6.07, 6.45) is 2.11. The first-order chi connectivity index (χ1) is 16.5. The van der Waals surface area contributed by atoms with Crippen LogP contribution in [0.4, 0.5) is 0 Å². The van der Waals surface area contributed by atoms with Crippen molar-refractivity contribution < 1.29 is 33.2 Å². The van der Waals surface area contributed by atoms with Gasteiger partial charge < -0.3 is 28.4 Å². The van der Waals surface area contributed by atoms with Crippen molar-refractivity contribution in [2.24, 2.45) is 5.92 Å². The van der Waals surface area contributed by atoms with Gasteiger partial charge in [0.1, 0.15) is 23.2 Å². The summed E-state index contributed by atoms with van der Waals surface area (Å²) in [7, 11) is 3.24. The number of rotatable bonds is 6. The molecule has 8 nitrogen and oxygen atoms in total. The van der Waals surface area contributed by atoms with E-state index in [2.05, 4.69) is 4.90 Å². The summed E-state index contributed by atoms with van der Waals surface area (Å²) >= 11 is 0. The summed E-state index contributed by atoms with van der Waals surface area (Å²) < 4.78 is 34.9. The fourth-order valence-electron chi connectivity index (χ4n) is 5.48. The maximum absolute atomic E-state index is 13.7. The molecule has 3 aliphatic heterocycles. The first kappa shape index (κ1) is 22.7. The smallest absolute Gasteiger partial charge is 0.315 e. The van der Waals surface area contributed by atoms with Crippen LogP contribution in [0, 0.1) is 5.92 Å². The number of carbonyl (C=O) groups is 1. The van der Waals surface area contributed by atoms with Crippen molar-refractivity contribution in [3.63, 3.8) is 0 Å². The molecule has 182 valence electrons. The van der Waals surface area contributed by atoms with Crippen molar-refractivity contribution in [2.45, 2.75) is 38.3 Å². The maximum atomic E-state index is 13.7. The molecule has 1 saturated heterocycles. The lowest BCUT2D eigenvalue weighted by Gasteiger charge is -2.49. The van der Waals surface area contributed by atoms with Crippen molar-refractivity contribution in [3.8, 4) is 28.7 Å². The molecule has 0 spiro atoms. The third-order valence-corrected chi connectivity index (χ3v) is 7.12. The van der Waals surface area contributed by atoms with Crippen LogP contribution in [0.5, 0.6) is 28.7 Å². The lowest BCUT2D eigenvalue weighted by Crippen LogP contribution is -2.61. The van der Waals surface area contributed by atoms with Crippen molar-refractivity contribution >= 4 is 5.97 Å². The minimum absolute atomic E-state index is 0.152. The monoisotopic (exact) mass is 469 g/mol. The number of esters is 1. The molecule has 3 aliphatic rings. The molecule has 2 aromatic carbocycles. The predicted molar refractivity (Wildman–Crippen MR) is 124 cm³/mol. The van der Waals surface area contributed by atoms with E-state index in [1.165, 1.54) is 0 Å². The van der Waals surface area contributed by atoms with Crippen LogP contribution in [0.3, 0.4) is 0 Å². The normalized spacial score (nSPS) is 25.4. The predicted octanol–water partition coefficient (Wildman–Crippen LogP) is 3.95. The number of fused-ring (bicyclic) bond motifs is 2. The molecule has 0 aliphatic carbocycles. The average Bonchev–Trinajstić information content (AvgIpc) is 3.54. The summed E-state index contributed by atoms with van der Waals surface area (Å²) in [5.74, 6) is 1.90. The van der Waals surface area contributed by atoms with Crippen molar-refractivity contribution in [3.05, 3.63) is 41.5 Å². The van der Waals surface area contributed by atoms with Crippen molar-refractivity contribution in [1.29, 1.82) is 0 Å². The third-order valence-electron chi connectivity index (χ3n) is 7.12. The van der Waals surface area contributed by atoms with E-state index in [1.807, 2.05) is 44.2 Å². The SMILES string of the molecule is CCOC(=O)[C@H]1[C@H](c2ccc(OC)cc2OC)c2cc3c(cc2OC1(C)N1CCCC1)OCO3. The van der Waals surface area contributed by atoms with E-state index >= 15 is 0 Å². The van der Waals surface area contributed by atoms with Crippen LogP contribution in [0.2, 0.25) is 0 Å². The Kier molecular flexibility index (Phi) is 5.93. The van der Waals surface area contributed by atoms with E-state index in [1.54, 1.807) is 14.2 Å². The number of hydrogen-bond donors (Lipinski definition) is 0. The molecule has 3 heterocycles. The number of ether oxygens (including phenoxy) is 6. The second-order valence-corrected chi connectivity index (χ2v) is 8.91. The number of nitrogens with zero attached hydrogens (tertiary/aromatic N) is 1. The Morgan fingerprint density at radius 3 is 2.44 bits per heavy atom. The zero-order valence-electron chi connectivity index (χ0n) is 20.1. The fourth-order valence-corrected chi connectivity index (χ4v) is 5.48. The number of carbonyl (C=O) groups excluding carboxylic acids is 1. The first-order valence-corrected chi connectivity index (χ1v) is 11.8. The highest BCUT2D eigenvalue weighted by molar-refractivity contribution is 5.78. The van der Waals surface area contributed by atoms with Gasteiger partial charge in [-0.3, -0.25) is 9.69 Å². The molecule has 0 bridgehead atoms. The molecule has 0 saturated carbocycles. The van der Waals surface area contributed by atoms with E-state index in [-0.39, 0.29) is 19.4 Å². The summed E-state index contributed by atoms with van der Waals surface area (Å²) in [4.78, 5) is 15.9. The van der Waals surface area contributed by atoms with Gasteiger partial charge >= 0.3 is 5.97 Å². The fraction of sp³-hybridized carbons (Fsp3) is 0.500. The average molecular weight is 470 g/mol. The second-order valence-electron chi connectivity index (χ2n) is 8.91. The Bertz CT molecular complexity index is 1080. The van der Waals surface area contributed by atoms with Crippen LogP contribution >= 0.6 is 0 Å². The van der Waals surface area contributed by atoms with Crippen molar-refractivity contribution in [2.75, 3.05) is 40.7 Å². The Morgan fingerprint density at radius 2 is 1.76 bits per heavy atom. The number of hydrogen-bond acceptors (Lipinski definition) is 8. The molecule has 0 aromatic heterocycles. The number of likely N-dealkylation sites (tertiary alicyclic amines) is 1. The lowest BCUT2D eigenvalue weighted by atomic mass is 9.72. The Labute approximate surface area is 199 Å². The van der Waals surface area contributed by atoms with Crippen LogP contribution in [0.1, 0.15) is 43.7 Å². The number of benzene rings is 2. The van der Waals surface area contributed by atoms with Crippen LogP contribution in [0.25, 0.3) is 0 Å². The zero-order valence-corrected chi connectivity index (χ0v) is 20.1. The van der Waals surface area contributed by atoms with Gasteiger partial charge in [0.2, 0.25) is 6.79 Å². The molecule has 0 radical (unpaired) electrons. The molecule has 5 rings (SSSR count). The Hall–Kier alpha value is -3.13. The molecule has 3 atom stereocenters. The van der Waals surface area contributed by atoms with Gasteiger partial charge in [-0.25, -0.2) is 0 Å². The van der Waals surface area contributed by atoms with E-state index in [4.69, 9.17) is 28.4 Å². The Morgan fingerprint density at radius 1 is 1.03 bits per heavy atom. The minimum Gasteiger partial charge on any atom is -0.497 e. The summed E-state index contributed by atoms with van der Waals surface area (Å²) in [6.45, 7) is 5.95. The quantitative estimate of drug-likeness (QED) is 0.589. The van der Waals surface area contributed by atoms with E-state index in [9.17, 15) is 4.79 Å². The zero-order chi connectivity index (χ0) is 23.9. The van der Waals surface area contributed by atoms with Gasteiger partial charge in [0.25, 0.3) is 0 Å². The van der Waals surface area contributed by atoms with E-state index in [0.29, 0.717) is 28.7 Å². The van der Waals surface area contributed by atoms with Crippen LogP contribution in [-0.4, -0.2) is 57.3 Å². The minimum atomic E-state index is -0.918. The molecule has 0 N–H and O–H groups in total. The summed E-state index contributed by atoms with van der Waals surface area (Å²) in [6, 6.07) is 9.47. The van der Waals surface area contributed by atoms with Crippen LogP contribution < -0.4 is 23.7 Å². The topological polar surface area (TPSA) is 75.7 Å². The standard InChI is InChI=1S/C26H31NO7/c1-5-31-25(28)24-23(17-9-8-16(29-3)12-19(17)30-4)18-13-21-22(33-15-32-21)14-20(18)34-26(24,2)27-10-6-7-11-27/h8-9,12-14,23-24H,5-7,10-11,15H2,1-4H3/t23-,24-,26?/m1/s1. The van der Waals surface area contributed by atoms with Gasteiger partial charge in [-0.1, -0.05) is 6.07 Å². The molecular weight excluding hydrogens is 438 g/mol. The lowest BCUT2D eigenvalue weighted by molar-refractivity contribution is -0.174. The van der Waals surface area contributed by atoms with E-state index in [0.717, 1.165) is 37.1 Å². The largest absolute Gasteiger partial charge is 0.497 e. The molecule has 2 aromatic rings. The molecule has 8 heteroatoms. The van der Waals surface area contributed by atoms with Crippen LogP contribution in [-0.2, 0) is 9.53 Å². The highest BCUT2D eigenvalue weighted by Gasteiger charge is 2.56. The van der Waals surface area contributed by atoms with E-state index < -0.39 is 17.6 Å². The molecule has 0 amide bonds.